The van der Waals surface area contributed by atoms with Crippen LogP contribution >= 0.6 is 11.5 Å². The van der Waals surface area contributed by atoms with Gasteiger partial charge in [0.1, 0.15) is 0 Å². The molecule has 0 spiro atoms. The second-order valence-electron chi connectivity index (χ2n) is 3.69. The van der Waals surface area contributed by atoms with Crippen molar-refractivity contribution < 1.29 is 9.52 Å². The Balaban J connectivity index is 2.08. The Bertz CT molecular complexity index is 425. The Labute approximate surface area is 98.1 Å². The second-order valence-corrected chi connectivity index (χ2v) is 4.47. The lowest BCUT2D eigenvalue weighted by atomic mass is 10.1. The highest BCUT2D eigenvalue weighted by atomic mass is 32.1. The number of furan rings is 1. The Morgan fingerprint density at radius 1 is 1.56 bits per heavy atom. The molecule has 2 aromatic rings. The van der Waals surface area contributed by atoms with Crippen molar-refractivity contribution in [3.8, 4) is 0 Å². The van der Waals surface area contributed by atoms with Crippen LogP contribution < -0.4 is 0 Å². The van der Waals surface area contributed by atoms with Gasteiger partial charge in [-0.25, -0.2) is 0 Å². The summed E-state index contributed by atoms with van der Waals surface area (Å²) in [6, 6.07) is 1.86. The fourth-order valence-electron chi connectivity index (χ4n) is 1.60. The lowest BCUT2D eigenvalue weighted by molar-refractivity contribution is 0.180. The zero-order valence-electron chi connectivity index (χ0n) is 9.09. The van der Waals surface area contributed by atoms with Crippen molar-refractivity contribution in [1.82, 2.24) is 9.59 Å². The SMILES string of the molecule is CCCc1nnsc1C(O)Cc1ccoc1. The van der Waals surface area contributed by atoms with Crippen LogP contribution in [-0.4, -0.2) is 14.7 Å². The molecule has 0 bridgehead atoms. The van der Waals surface area contributed by atoms with Crippen molar-refractivity contribution in [2.75, 3.05) is 0 Å². The third-order valence-electron chi connectivity index (χ3n) is 2.38. The fraction of sp³-hybridized carbons (Fsp3) is 0.455. The van der Waals surface area contributed by atoms with Crippen molar-refractivity contribution >= 4 is 11.5 Å². The molecular formula is C11H14N2O2S. The Kier molecular flexibility index (Phi) is 3.69. The molecule has 0 aliphatic rings. The lowest BCUT2D eigenvalue weighted by Gasteiger charge is -2.07. The van der Waals surface area contributed by atoms with Gasteiger partial charge in [-0.05, 0) is 29.6 Å². The third-order valence-corrected chi connectivity index (χ3v) is 3.25. The molecule has 0 radical (unpaired) electrons. The molecule has 0 saturated carbocycles. The van der Waals surface area contributed by atoms with Gasteiger partial charge in [0.05, 0.1) is 29.2 Å². The number of aliphatic hydroxyl groups excluding tert-OH is 1. The number of hydrogen-bond donors (Lipinski definition) is 1. The maximum absolute atomic E-state index is 10.1. The number of aromatic nitrogens is 2. The standard InChI is InChI=1S/C11H14N2O2S/c1-2-3-9-11(16-13-12-9)10(14)6-8-4-5-15-7-8/h4-5,7,10,14H,2-3,6H2,1H3. The van der Waals surface area contributed by atoms with Gasteiger partial charge >= 0.3 is 0 Å². The van der Waals surface area contributed by atoms with Gasteiger partial charge in [-0.1, -0.05) is 17.8 Å². The Morgan fingerprint density at radius 3 is 3.12 bits per heavy atom. The van der Waals surface area contributed by atoms with E-state index in [0.717, 1.165) is 29.0 Å². The summed E-state index contributed by atoms with van der Waals surface area (Å²) in [4.78, 5) is 0.878. The zero-order chi connectivity index (χ0) is 11.4. The molecule has 2 rings (SSSR count). The number of hydrogen-bond acceptors (Lipinski definition) is 5. The van der Waals surface area contributed by atoms with Gasteiger partial charge in [0.25, 0.3) is 0 Å². The summed E-state index contributed by atoms with van der Waals surface area (Å²) in [5.41, 5.74) is 1.91. The molecule has 0 fully saturated rings. The summed E-state index contributed by atoms with van der Waals surface area (Å²) in [5.74, 6) is 0. The van der Waals surface area contributed by atoms with Gasteiger partial charge in [0.15, 0.2) is 0 Å². The summed E-state index contributed by atoms with van der Waals surface area (Å²) in [5, 5.41) is 14.1. The van der Waals surface area contributed by atoms with Crippen LogP contribution in [0.4, 0.5) is 0 Å². The second kappa shape index (κ2) is 5.23. The molecule has 2 heterocycles. The minimum atomic E-state index is -0.529. The molecule has 86 valence electrons. The highest BCUT2D eigenvalue weighted by Crippen LogP contribution is 2.24. The average molecular weight is 238 g/mol. The number of aliphatic hydroxyl groups is 1. The van der Waals surface area contributed by atoms with Crippen molar-refractivity contribution in [3.63, 3.8) is 0 Å². The van der Waals surface area contributed by atoms with E-state index < -0.39 is 6.10 Å². The molecule has 2 aromatic heterocycles. The van der Waals surface area contributed by atoms with Crippen molar-refractivity contribution in [3.05, 3.63) is 34.7 Å². The predicted molar refractivity (Wildman–Crippen MR) is 61.3 cm³/mol. The monoisotopic (exact) mass is 238 g/mol. The third kappa shape index (κ3) is 2.48. The van der Waals surface area contributed by atoms with Crippen molar-refractivity contribution in [1.29, 1.82) is 0 Å². The number of nitrogens with zero attached hydrogens (tertiary/aromatic N) is 2. The van der Waals surface area contributed by atoms with Crippen LogP contribution in [-0.2, 0) is 12.8 Å². The van der Waals surface area contributed by atoms with Crippen LogP contribution in [0.15, 0.2) is 23.0 Å². The highest BCUT2D eigenvalue weighted by Gasteiger charge is 2.17. The first-order chi connectivity index (χ1) is 7.81. The highest BCUT2D eigenvalue weighted by molar-refractivity contribution is 7.05. The van der Waals surface area contributed by atoms with Crippen LogP contribution in [0, 0.1) is 0 Å². The van der Waals surface area contributed by atoms with E-state index in [2.05, 4.69) is 16.5 Å². The summed E-state index contributed by atoms with van der Waals surface area (Å²) < 4.78 is 8.87. The number of rotatable bonds is 5. The minimum Gasteiger partial charge on any atom is -0.472 e. The normalized spacial score (nSPS) is 12.9. The van der Waals surface area contributed by atoms with E-state index >= 15 is 0 Å². The van der Waals surface area contributed by atoms with Crippen LogP contribution in [0.1, 0.15) is 35.6 Å². The van der Waals surface area contributed by atoms with Crippen LogP contribution in [0.5, 0.6) is 0 Å². The molecule has 0 amide bonds. The van der Waals surface area contributed by atoms with E-state index in [-0.39, 0.29) is 0 Å². The van der Waals surface area contributed by atoms with E-state index in [9.17, 15) is 5.11 Å². The molecule has 16 heavy (non-hydrogen) atoms. The number of aryl methyl sites for hydroxylation is 1. The first-order valence-corrected chi connectivity index (χ1v) is 6.09. The van der Waals surface area contributed by atoms with Gasteiger partial charge < -0.3 is 9.52 Å². The van der Waals surface area contributed by atoms with E-state index in [0.29, 0.717) is 6.42 Å². The molecule has 5 heteroatoms. The minimum absolute atomic E-state index is 0.529. The van der Waals surface area contributed by atoms with E-state index in [4.69, 9.17) is 4.42 Å². The maximum Gasteiger partial charge on any atom is 0.0958 e. The molecule has 0 aliphatic carbocycles. The van der Waals surface area contributed by atoms with Gasteiger partial charge in [-0.3, -0.25) is 0 Å². The topological polar surface area (TPSA) is 59.2 Å². The smallest absolute Gasteiger partial charge is 0.0958 e. The molecule has 0 saturated heterocycles. The lowest BCUT2D eigenvalue weighted by Crippen LogP contribution is -2.02. The van der Waals surface area contributed by atoms with Crippen LogP contribution in [0.3, 0.4) is 0 Å². The van der Waals surface area contributed by atoms with Gasteiger partial charge in [0, 0.05) is 6.42 Å². The summed E-state index contributed by atoms with van der Waals surface area (Å²) in [6.07, 6.45) is 5.17. The van der Waals surface area contributed by atoms with E-state index in [1.165, 1.54) is 11.5 Å². The first-order valence-electron chi connectivity index (χ1n) is 5.31. The Morgan fingerprint density at radius 2 is 2.44 bits per heavy atom. The molecule has 1 unspecified atom stereocenters. The largest absolute Gasteiger partial charge is 0.472 e. The van der Waals surface area contributed by atoms with Crippen molar-refractivity contribution in [2.24, 2.45) is 0 Å². The van der Waals surface area contributed by atoms with E-state index in [1.54, 1.807) is 12.5 Å². The van der Waals surface area contributed by atoms with Crippen molar-refractivity contribution in [2.45, 2.75) is 32.3 Å². The molecule has 0 aliphatic heterocycles. The fourth-order valence-corrected chi connectivity index (χ4v) is 2.28. The average Bonchev–Trinajstić information content (AvgIpc) is 2.89. The molecule has 1 N–H and O–H groups in total. The summed E-state index contributed by atoms with van der Waals surface area (Å²) in [7, 11) is 0. The molecule has 4 nitrogen and oxygen atoms in total. The van der Waals surface area contributed by atoms with Crippen LogP contribution in [0.2, 0.25) is 0 Å². The van der Waals surface area contributed by atoms with Gasteiger partial charge in [-0.2, -0.15) is 0 Å². The predicted octanol–water partition coefficient (Wildman–Crippen LogP) is 2.36. The molecule has 1 atom stereocenters. The van der Waals surface area contributed by atoms with Gasteiger partial charge in [0.2, 0.25) is 0 Å². The van der Waals surface area contributed by atoms with Crippen LogP contribution in [0.25, 0.3) is 0 Å². The Hall–Kier alpha value is -1.20. The first kappa shape index (κ1) is 11.3. The maximum atomic E-state index is 10.1. The quantitative estimate of drug-likeness (QED) is 0.868. The van der Waals surface area contributed by atoms with E-state index in [1.807, 2.05) is 6.07 Å². The molecule has 0 aromatic carbocycles. The zero-order valence-corrected chi connectivity index (χ0v) is 9.91. The summed E-state index contributed by atoms with van der Waals surface area (Å²) in [6.45, 7) is 2.09. The molecular weight excluding hydrogens is 224 g/mol. The van der Waals surface area contributed by atoms with Gasteiger partial charge in [-0.15, -0.1) is 5.10 Å². The summed E-state index contributed by atoms with van der Waals surface area (Å²) >= 11 is 1.28.